The standard InChI is InChI=1S/C20H34N4O4/c1-4-11-21-16(25)13-23(12-5-2)17(26)14-24-18(27)20(22-19(24)28)9-7-15(6-3)8-10-20/h15H,4-14H2,1-3H3,(H,21,25)(H,22,28). The third-order valence-electron chi connectivity index (χ3n) is 5.83. The van der Waals surface area contributed by atoms with E-state index >= 15 is 0 Å². The molecule has 0 atom stereocenters. The highest BCUT2D eigenvalue weighted by Gasteiger charge is 2.52. The number of amides is 5. The Morgan fingerprint density at radius 3 is 2.43 bits per heavy atom. The SMILES string of the molecule is CCCNC(=O)CN(CCC)C(=O)CN1C(=O)NC2(CCC(CC)CC2)C1=O. The molecular formula is C20H34N4O4. The van der Waals surface area contributed by atoms with Crippen LogP contribution >= 0.6 is 0 Å². The van der Waals surface area contributed by atoms with Crippen molar-refractivity contribution in [3.63, 3.8) is 0 Å². The van der Waals surface area contributed by atoms with Gasteiger partial charge < -0.3 is 15.5 Å². The number of nitrogens with zero attached hydrogens (tertiary/aromatic N) is 2. The number of carbonyl (C=O) groups is 4. The molecule has 2 fully saturated rings. The molecule has 1 aliphatic carbocycles. The van der Waals surface area contributed by atoms with Gasteiger partial charge in [0.1, 0.15) is 12.1 Å². The van der Waals surface area contributed by atoms with E-state index in [0.29, 0.717) is 38.3 Å². The van der Waals surface area contributed by atoms with Gasteiger partial charge in [-0.15, -0.1) is 0 Å². The molecule has 0 bridgehead atoms. The van der Waals surface area contributed by atoms with E-state index in [2.05, 4.69) is 17.6 Å². The van der Waals surface area contributed by atoms with Crippen LogP contribution in [0.25, 0.3) is 0 Å². The zero-order chi connectivity index (χ0) is 20.7. The minimum atomic E-state index is -0.850. The van der Waals surface area contributed by atoms with Gasteiger partial charge in [0, 0.05) is 13.1 Å². The Bertz CT molecular complexity index is 599. The molecule has 1 saturated heterocycles. The van der Waals surface area contributed by atoms with Crippen molar-refractivity contribution in [2.75, 3.05) is 26.2 Å². The van der Waals surface area contributed by atoms with Gasteiger partial charge in [0.05, 0.1) is 6.54 Å². The topological polar surface area (TPSA) is 98.8 Å². The average molecular weight is 395 g/mol. The van der Waals surface area contributed by atoms with Gasteiger partial charge in [-0.3, -0.25) is 19.3 Å². The van der Waals surface area contributed by atoms with E-state index in [9.17, 15) is 19.2 Å². The molecule has 158 valence electrons. The van der Waals surface area contributed by atoms with Crippen molar-refractivity contribution < 1.29 is 19.2 Å². The van der Waals surface area contributed by atoms with Gasteiger partial charge >= 0.3 is 6.03 Å². The predicted molar refractivity (Wildman–Crippen MR) is 105 cm³/mol. The second-order valence-corrected chi connectivity index (χ2v) is 7.92. The highest BCUT2D eigenvalue weighted by Crippen LogP contribution is 2.37. The van der Waals surface area contributed by atoms with Gasteiger partial charge in [-0.25, -0.2) is 4.79 Å². The van der Waals surface area contributed by atoms with E-state index in [0.717, 1.165) is 30.6 Å². The molecule has 8 nitrogen and oxygen atoms in total. The Morgan fingerprint density at radius 2 is 1.86 bits per heavy atom. The third kappa shape index (κ3) is 5.02. The van der Waals surface area contributed by atoms with Crippen LogP contribution in [0.3, 0.4) is 0 Å². The summed E-state index contributed by atoms with van der Waals surface area (Å²) in [6.07, 6.45) is 5.64. The lowest BCUT2D eigenvalue weighted by Crippen LogP contribution is -2.50. The molecule has 0 radical (unpaired) electrons. The van der Waals surface area contributed by atoms with Gasteiger partial charge in [0.2, 0.25) is 11.8 Å². The van der Waals surface area contributed by atoms with Crippen molar-refractivity contribution in [1.82, 2.24) is 20.4 Å². The quantitative estimate of drug-likeness (QED) is 0.581. The van der Waals surface area contributed by atoms with Crippen molar-refractivity contribution in [3.05, 3.63) is 0 Å². The van der Waals surface area contributed by atoms with E-state index in [1.54, 1.807) is 0 Å². The largest absolute Gasteiger partial charge is 0.355 e. The molecule has 2 aliphatic rings. The molecule has 8 heteroatoms. The van der Waals surface area contributed by atoms with Crippen LogP contribution < -0.4 is 10.6 Å². The Kier molecular flexibility index (Phi) is 7.83. The van der Waals surface area contributed by atoms with E-state index in [1.807, 2.05) is 13.8 Å². The average Bonchev–Trinajstić information content (AvgIpc) is 2.90. The summed E-state index contributed by atoms with van der Waals surface area (Å²) in [7, 11) is 0. The highest BCUT2D eigenvalue weighted by molar-refractivity contribution is 6.09. The lowest BCUT2D eigenvalue weighted by atomic mass is 9.75. The Balaban J connectivity index is 2.00. The third-order valence-corrected chi connectivity index (χ3v) is 5.83. The van der Waals surface area contributed by atoms with Crippen molar-refractivity contribution in [2.45, 2.75) is 71.3 Å². The van der Waals surface area contributed by atoms with Crippen LogP contribution in [0, 0.1) is 5.92 Å². The molecule has 1 aliphatic heterocycles. The highest BCUT2D eigenvalue weighted by atomic mass is 16.2. The second kappa shape index (κ2) is 9.89. The first-order chi connectivity index (χ1) is 13.4. The zero-order valence-corrected chi connectivity index (χ0v) is 17.4. The lowest BCUT2D eigenvalue weighted by Gasteiger charge is -2.34. The molecule has 1 spiro atoms. The van der Waals surface area contributed by atoms with Crippen LogP contribution in [-0.4, -0.2) is 65.3 Å². The fourth-order valence-electron chi connectivity index (χ4n) is 4.03. The van der Waals surface area contributed by atoms with Crippen molar-refractivity contribution in [2.24, 2.45) is 5.92 Å². The number of carbonyl (C=O) groups excluding carboxylic acids is 4. The second-order valence-electron chi connectivity index (χ2n) is 7.92. The van der Waals surface area contributed by atoms with Crippen LogP contribution in [0.2, 0.25) is 0 Å². The van der Waals surface area contributed by atoms with E-state index in [1.165, 1.54) is 4.90 Å². The first kappa shape index (κ1) is 22.2. The molecule has 28 heavy (non-hydrogen) atoms. The fraction of sp³-hybridized carbons (Fsp3) is 0.800. The minimum absolute atomic E-state index is 0.0559. The summed E-state index contributed by atoms with van der Waals surface area (Å²) in [5, 5.41) is 5.60. The summed E-state index contributed by atoms with van der Waals surface area (Å²) >= 11 is 0. The summed E-state index contributed by atoms with van der Waals surface area (Å²) in [5.41, 5.74) is -0.850. The molecule has 2 rings (SSSR count). The molecule has 0 unspecified atom stereocenters. The molecule has 1 heterocycles. The number of rotatable bonds is 9. The Morgan fingerprint density at radius 1 is 1.18 bits per heavy atom. The number of hydrogen-bond acceptors (Lipinski definition) is 4. The smallest absolute Gasteiger partial charge is 0.325 e. The van der Waals surface area contributed by atoms with Gasteiger partial charge in [-0.2, -0.15) is 0 Å². The van der Waals surface area contributed by atoms with Crippen LogP contribution in [0.4, 0.5) is 4.79 Å². The summed E-state index contributed by atoms with van der Waals surface area (Å²) in [6, 6.07) is -0.500. The minimum Gasteiger partial charge on any atom is -0.355 e. The Hall–Kier alpha value is -2.12. The molecule has 2 N–H and O–H groups in total. The van der Waals surface area contributed by atoms with Crippen LogP contribution in [-0.2, 0) is 14.4 Å². The van der Waals surface area contributed by atoms with Gasteiger partial charge in [-0.05, 0) is 44.4 Å². The monoisotopic (exact) mass is 394 g/mol. The zero-order valence-electron chi connectivity index (χ0n) is 17.4. The summed E-state index contributed by atoms with van der Waals surface area (Å²) in [6.45, 7) is 6.61. The van der Waals surface area contributed by atoms with E-state index in [-0.39, 0.29) is 30.8 Å². The maximum Gasteiger partial charge on any atom is 0.325 e. The van der Waals surface area contributed by atoms with Crippen LogP contribution in [0.15, 0.2) is 0 Å². The van der Waals surface area contributed by atoms with Crippen molar-refractivity contribution in [3.8, 4) is 0 Å². The lowest BCUT2D eigenvalue weighted by molar-refractivity contribution is -0.141. The van der Waals surface area contributed by atoms with Crippen molar-refractivity contribution >= 4 is 23.8 Å². The summed E-state index contributed by atoms with van der Waals surface area (Å²) < 4.78 is 0. The predicted octanol–water partition coefficient (Wildman–Crippen LogP) is 1.64. The van der Waals surface area contributed by atoms with E-state index in [4.69, 9.17) is 0 Å². The molecule has 0 aromatic carbocycles. The number of imide groups is 1. The molecular weight excluding hydrogens is 360 g/mol. The maximum absolute atomic E-state index is 13.0. The molecule has 5 amide bonds. The number of urea groups is 1. The van der Waals surface area contributed by atoms with Gasteiger partial charge in [0.25, 0.3) is 5.91 Å². The summed E-state index contributed by atoms with van der Waals surface area (Å²) in [4.78, 5) is 52.6. The molecule has 1 saturated carbocycles. The number of hydrogen-bond donors (Lipinski definition) is 2. The van der Waals surface area contributed by atoms with Gasteiger partial charge in [-0.1, -0.05) is 27.2 Å². The fourth-order valence-corrected chi connectivity index (χ4v) is 4.03. The van der Waals surface area contributed by atoms with E-state index < -0.39 is 11.6 Å². The van der Waals surface area contributed by atoms with Crippen LogP contribution in [0.1, 0.15) is 65.7 Å². The van der Waals surface area contributed by atoms with Crippen molar-refractivity contribution in [1.29, 1.82) is 0 Å². The normalized spacial score (nSPS) is 24.4. The number of nitrogens with one attached hydrogen (secondary N) is 2. The Labute approximate surface area is 167 Å². The maximum atomic E-state index is 13.0. The van der Waals surface area contributed by atoms with Crippen LogP contribution in [0.5, 0.6) is 0 Å². The molecule has 0 aromatic rings. The first-order valence-corrected chi connectivity index (χ1v) is 10.5. The summed E-state index contributed by atoms with van der Waals surface area (Å²) in [5.74, 6) is -0.313. The van der Waals surface area contributed by atoms with Gasteiger partial charge in [0.15, 0.2) is 0 Å². The molecule has 0 aromatic heterocycles. The first-order valence-electron chi connectivity index (χ1n) is 10.5.